The molecule has 7 heteroatoms. The summed E-state index contributed by atoms with van der Waals surface area (Å²) in [5.74, 6) is 3.46. The van der Waals surface area contributed by atoms with E-state index >= 15 is 0 Å². The fraction of sp³-hybridized carbons (Fsp3) is 0.200. The minimum absolute atomic E-state index is 0.634. The number of hydrogen-bond acceptors (Lipinski definition) is 6. The molecule has 0 unspecified atom stereocenters. The quantitative estimate of drug-likeness (QED) is 0.609. The Kier molecular flexibility index (Phi) is 5.98. The van der Waals surface area contributed by atoms with E-state index in [0.717, 1.165) is 27.8 Å². The third-order valence-corrected chi connectivity index (χ3v) is 4.15. The van der Waals surface area contributed by atoms with E-state index in [9.17, 15) is 0 Å². The van der Waals surface area contributed by atoms with Crippen LogP contribution in [0.1, 0.15) is 11.4 Å². The molecular formula is C20H21ClN4O2. The van der Waals surface area contributed by atoms with E-state index in [4.69, 9.17) is 21.1 Å². The molecule has 27 heavy (non-hydrogen) atoms. The third kappa shape index (κ3) is 5.01. The number of nitrogens with zero attached hydrogens (tertiary/aromatic N) is 2. The summed E-state index contributed by atoms with van der Waals surface area (Å²) in [4.78, 5) is 8.89. The topological polar surface area (TPSA) is 68.3 Å². The Bertz CT molecular complexity index is 916. The van der Waals surface area contributed by atoms with Crippen LogP contribution >= 0.6 is 11.6 Å². The molecule has 0 bridgehead atoms. The van der Waals surface area contributed by atoms with Crippen molar-refractivity contribution in [1.29, 1.82) is 0 Å². The van der Waals surface area contributed by atoms with Crippen LogP contribution in [0.25, 0.3) is 0 Å². The van der Waals surface area contributed by atoms with Gasteiger partial charge in [0.25, 0.3) is 0 Å². The first kappa shape index (κ1) is 18.8. The first-order valence-electron chi connectivity index (χ1n) is 8.40. The Hall–Kier alpha value is -2.99. The van der Waals surface area contributed by atoms with Crippen molar-refractivity contribution in [2.45, 2.75) is 13.5 Å². The lowest BCUT2D eigenvalue weighted by molar-refractivity contribution is 0.405. The van der Waals surface area contributed by atoms with Crippen molar-refractivity contribution in [3.8, 4) is 11.5 Å². The van der Waals surface area contributed by atoms with Crippen LogP contribution in [0.3, 0.4) is 0 Å². The van der Waals surface area contributed by atoms with Crippen LogP contribution in [-0.2, 0) is 6.54 Å². The van der Waals surface area contributed by atoms with Crippen LogP contribution < -0.4 is 20.1 Å². The van der Waals surface area contributed by atoms with Crippen LogP contribution in [0.5, 0.6) is 11.5 Å². The highest BCUT2D eigenvalue weighted by molar-refractivity contribution is 6.30. The molecule has 1 heterocycles. The monoisotopic (exact) mass is 384 g/mol. The molecule has 1 aromatic heterocycles. The highest BCUT2D eigenvalue weighted by Gasteiger charge is 2.08. The summed E-state index contributed by atoms with van der Waals surface area (Å²) in [6, 6.07) is 15.1. The molecule has 2 N–H and O–H groups in total. The molecule has 6 nitrogen and oxygen atoms in total. The summed E-state index contributed by atoms with van der Waals surface area (Å²) >= 11 is 5.93. The summed E-state index contributed by atoms with van der Waals surface area (Å²) < 4.78 is 10.7. The maximum atomic E-state index is 5.93. The normalized spacial score (nSPS) is 10.4. The van der Waals surface area contributed by atoms with Crippen molar-refractivity contribution < 1.29 is 9.47 Å². The van der Waals surface area contributed by atoms with Crippen LogP contribution in [0.2, 0.25) is 5.02 Å². The lowest BCUT2D eigenvalue weighted by atomic mass is 10.2. The second-order valence-electron chi connectivity index (χ2n) is 5.86. The molecule has 0 atom stereocenters. The van der Waals surface area contributed by atoms with Gasteiger partial charge in [-0.05, 0) is 36.8 Å². The van der Waals surface area contributed by atoms with Gasteiger partial charge in [-0.3, -0.25) is 0 Å². The summed E-state index contributed by atoms with van der Waals surface area (Å²) in [5.41, 5.74) is 1.87. The van der Waals surface area contributed by atoms with Crippen LogP contribution in [-0.4, -0.2) is 24.2 Å². The highest BCUT2D eigenvalue weighted by atomic mass is 35.5. The van der Waals surface area contributed by atoms with Crippen molar-refractivity contribution in [2.75, 3.05) is 24.9 Å². The van der Waals surface area contributed by atoms with E-state index in [2.05, 4.69) is 20.6 Å². The predicted octanol–water partition coefficient (Wildman–Crippen LogP) is 4.81. The smallest absolute Gasteiger partial charge is 0.142 e. The van der Waals surface area contributed by atoms with Gasteiger partial charge in [0.2, 0.25) is 0 Å². The molecule has 0 radical (unpaired) electrons. The third-order valence-electron chi connectivity index (χ3n) is 3.89. The lowest BCUT2D eigenvalue weighted by Crippen LogP contribution is -2.05. The predicted molar refractivity (Wildman–Crippen MR) is 108 cm³/mol. The van der Waals surface area contributed by atoms with Crippen molar-refractivity contribution >= 4 is 28.9 Å². The van der Waals surface area contributed by atoms with Gasteiger partial charge in [-0.15, -0.1) is 0 Å². The Balaban J connectivity index is 1.78. The first-order chi connectivity index (χ1) is 13.1. The number of aromatic nitrogens is 2. The zero-order valence-electron chi connectivity index (χ0n) is 15.4. The van der Waals surface area contributed by atoms with E-state index in [1.807, 2.05) is 55.5 Å². The molecule has 0 aliphatic rings. The van der Waals surface area contributed by atoms with Crippen LogP contribution in [0.4, 0.5) is 17.3 Å². The first-order valence-corrected chi connectivity index (χ1v) is 8.78. The van der Waals surface area contributed by atoms with E-state index in [1.54, 1.807) is 14.2 Å². The van der Waals surface area contributed by atoms with Gasteiger partial charge in [0.1, 0.15) is 29.0 Å². The Labute approximate surface area is 163 Å². The van der Waals surface area contributed by atoms with Gasteiger partial charge >= 0.3 is 0 Å². The summed E-state index contributed by atoms with van der Waals surface area (Å²) in [6.07, 6.45) is 0. The van der Waals surface area contributed by atoms with E-state index < -0.39 is 0 Å². The highest BCUT2D eigenvalue weighted by Crippen LogP contribution is 2.31. The van der Waals surface area contributed by atoms with Crippen LogP contribution in [0.15, 0.2) is 48.5 Å². The molecule has 0 aliphatic carbocycles. The second kappa shape index (κ2) is 8.60. The molecule has 140 valence electrons. The minimum atomic E-state index is 0.634. The summed E-state index contributed by atoms with van der Waals surface area (Å²) in [6.45, 7) is 2.48. The summed E-state index contributed by atoms with van der Waals surface area (Å²) in [7, 11) is 3.25. The van der Waals surface area contributed by atoms with E-state index in [0.29, 0.717) is 23.9 Å². The van der Waals surface area contributed by atoms with Gasteiger partial charge in [-0.2, -0.15) is 0 Å². The molecule has 3 aromatic rings. The van der Waals surface area contributed by atoms with E-state index in [-0.39, 0.29) is 0 Å². The Morgan fingerprint density at radius 2 is 1.67 bits per heavy atom. The summed E-state index contributed by atoms with van der Waals surface area (Å²) in [5, 5.41) is 7.30. The van der Waals surface area contributed by atoms with Crippen molar-refractivity contribution in [1.82, 2.24) is 9.97 Å². The molecule has 2 aromatic carbocycles. The fourth-order valence-corrected chi connectivity index (χ4v) is 2.69. The van der Waals surface area contributed by atoms with Gasteiger partial charge < -0.3 is 20.1 Å². The number of anilines is 3. The fourth-order valence-electron chi connectivity index (χ4n) is 2.57. The van der Waals surface area contributed by atoms with E-state index in [1.165, 1.54) is 0 Å². The number of benzene rings is 2. The van der Waals surface area contributed by atoms with Crippen molar-refractivity contribution in [3.63, 3.8) is 0 Å². The molecule has 0 fully saturated rings. The van der Waals surface area contributed by atoms with Gasteiger partial charge in [-0.25, -0.2) is 9.97 Å². The van der Waals surface area contributed by atoms with Crippen molar-refractivity contribution in [3.05, 3.63) is 64.9 Å². The van der Waals surface area contributed by atoms with Crippen molar-refractivity contribution in [2.24, 2.45) is 0 Å². The molecule has 0 saturated heterocycles. The molecule has 0 saturated carbocycles. The van der Waals surface area contributed by atoms with Gasteiger partial charge in [-0.1, -0.05) is 23.7 Å². The number of nitrogens with one attached hydrogen (secondary N) is 2. The van der Waals surface area contributed by atoms with Crippen LogP contribution in [0, 0.1) is 6.92 Å². The number of methoxy groups -OCH3 is 2. The standard InChI is InChI=1S/C20H21ClN4O2/c1-13-23-19(22-12-14-4-6-15(21)7-5-14)11-20(24-13)25-17-10-16(26-2)8-9-18(17)27-3/h4-11H,12H2,1-3H3,(H2,22,23,24,25). The molecule has 0 aliphatic heterocycles. The number of rotatable bonds is 7. The minimum Gasteiger partial charge on any atom is -0.497 e. The van der Waals surface area contributed by atoms with Gasteiger partial charge in [0.15, 0.2) is 0 Å². The Morgan fingerprint density at radius 3 is 2.37 bits per heavy atom. The zero-order chi connectivity index (χ0) is 19.2. The largest absolute Gasteiger partial charge is 0.497 e. The second-order valence-corrected chi connectivity index (χ2v) is 6.29. The van der Waals surface area contributed by atoms with Gasteiger partial charge in [0, 0.05) is 23.7 Å². The lowest BCUT2D eigenvalue weighted by Gasteiger charge is -2.14. The number of hydrogen-bond donors (Lipinski definition) is 2. The number of halogens is 1. The maximum Gasteiger partial charge on any atom is 0.142 e. The SMILES string of the molecule is COc1ccc(OC)c(Nc2cc(NCc3ccc(Cl)cc3)nc(C)n2)c1. The average Bonchev–Trinajstić information content (AvgIpc) is 2.67. The zero-order valence-corrected chi connectivity index (χ0v) is 16.2. The molecule has 0 amide bonds. The number of aryl methyl sites for hydroxylation is 1. The number of ether oxygens (including phenoxy) is 2. The average molecular weight is 385 g/mol. The molecule has 3 rings (SSSR count). The molecular weight excluding hydrogens is 364 g/mol. The Morgan fingerprint density at radius 1 is 0.926 bits per heavy atom. The maximum absolute atomic E-state index is 5.93. The molecule has 0 spiro atoms. The van der Waals surface area contributed by atoms with Gasteiger partial charge in [0.05, 0.1) is 19.9 Å².